The molecule has 1 N–H and O–H groups in total. The van der Waals surface area contributed by atoms with Crippen molar-refractivity contribution in [3.8, 4) is 0 Å². The lowest BCUT2D eigenvalue weighted by Gasteiger charge is -2.24. The second-order valence-corrected chi connectivity index (χ2v) is 6.17. The van der Waals surface area contributed by atoms with Gasteiger partial charge in [-0.15, -0.1) is 11.3 Å². The number of aromatic nitrogens is 1. The first-order valence-electron chi connectivity index (χ1n) is 5.77. The lowest BCUT2D eigenvalue weighted by Crippen LogP contribution is -2.16. The number of pyridine rings is 1. The zero-order valence-electron chi connectivity index (χ0n) is 9.32. The van der Waals surface area contributed by atoms with E-state index in [1.807, 2.05) is 29.7 Å². The number of halogens is 1. The van der Waals surface area contributed by atoms with Crippen LogP contribution in [0.25, 0.3) is 0 Å². The maximum Gasteiger partial charge on any atom is 0.126 e. The minimum Gasteiger partial charge on any atom is -0.363 e. The van der Waals surface area contributed by atoms with Gasteiger partial charge in [-0.2, -0.15) is 0 Å². The lowest BCUT2D eigenvalue weighted by atomic mass is 9.94. The van der Waals surface area contributed by atoms with E-state index in [2.05, 4.69) is 37.7 Å². The standard InChI is InChI=1S/C13H13BrN2S/c14-9-4-5-13(15-8-9)16-11-2-1-3-12-10(11)6-7-17-12/h4-8,11H,1-3H2,(H,15,16). The maximum atomic E-state index is 4.38. The molecule has 0 aliphatic heterocycles. The molecule has 0 fully saturated rings. The van der Waals surface area contributed by atoms with Crippen LogP contribution in [0.5, 0.6) is 0 Å². The molecule has 1 aliphatic rings. The van der Waals surface area contributed by atoms with Crippen molar-refractivity contribution in [3.05, 3.63) is 44.7 Å². The molecule has 1 unspecified atom stereocenters. The molecular formula is C13H13BrN2S. The predicted molar refractivity (Wildman–Crippen MR) is 75.6 cm³/mol. The van der Waals surface area contributed by atoms with Gasteiger partial charge in [-0.3, -0.25) is 0 Å². The number of nitrogens with one attached hydrogen (secondary N) is 1. The quantitative estimate of drug-likeness (QED) is 0.889. The highest BCUT2D eigenvalue weighted by Crippen LogP contribution is 2.35. The summed E-state index contributed by atoms with van der Waals surface area (Å²) in [4.78, 5) is 5.91. The van der Waals surface area contributed by atoms with Crippen LogP contribution >= 0.6 is 27.3 Å². The smallest absolute Gasteiger partial charge is 0.126 e. The minimum absolute atomic E-state index is 0.429. The van der Waals surface area contributed by atoms with E-state index in [0.29, 0.717) is 6.04 Å². The Balaban J connectivity index is 1.81. The molecule has 2 aromatic heterocycles. The topological polar surface area (TPSA) is 24.9 Å². The number of anilines is 1. The Bertz CT molecular complexity index is 506. The molecule has 0 spiro atoms. The molecule has 17 heavy (non-hydrogen) atoms. The normalized spacial score (nSPS) is 18.8. The molecular weight excluding hydrogens is 296 g/mol. The van der Waals surface area contributed by atoms with Crippen LogP contribution in [0.2, 0.25) is 0 Å². The Hall–Kier alpha value is -0.870. The van der Waals surface area contributed by atoms with E-state index in [4.69, 9.17) is 0 Å². The number of thiophene rings is 1. The molecule has 4 heteroatoms. The lowest BCUT2D eigenvalue weighted by molar-refractivity contribution is 0.607. The highest BCUT2D eigenvalue weighted by Gasteiger charge is 2.21. The molecule has 2 heterocycles. The fraction of sp³-hybridized carbons (Fsp3) is 0.308. The molecule has 0 radical (unpaired) electrons. The third-order valence-corrected chi connectivity index (χ3v) is 4.57. The van der Waals surface area contributed by atoms with Crippen molar-refractivity contribution < 1.29 is 0 Å². The summed E-state index contributed by atoms with van der Waals surface area (Å²) in [6.07, 6.45) is 5.53. The van der Waals surface area contributed by atoms with E-state index in [-0.39, 0.29) is 0 Å². The fourth-order valence-corrected chi connectivity index (χ4v) is 3.50. The molecule has 0 saturated heterocycles. The van der Waals surface area contributed by atoms with Crippen LogP contribution in [-0.4, -0.2) is 4.98 Å². The van der Waals surface area contributed by atoms with Gasteiger partial charge in [-0.05, 0) is 64.3 Å². The van der Waals surface area contributed by atoms with Crippen molar-refractivity contribution in [2.24, 2.45) is 0 Å². The molecule has 3 rings (SSSR count). The minimum atomic E-state index is 0.429. The van der Waals surface area contributed by atoms with Gasteiger partial charge in [-0.1, -0.05) is 0 Å². The summed E-state index contributed by atoms with van der Waals surface area (Å²) in [5.41, 5.74) is 1.46. The van der Waals surface area contributed by atoms with Crippen LogP contribution in [0.1, 0.15) is 29.3 Å². The number of rotatable bonds is 2. The number of hydrogen-bond acceptors (Lipinski definition) is 3. The summed E-state index contributed by atoms with van der Waals surface area (Å²) in [5.74, 6) is 0.956. The molecule has 0 bridgehead atoms. The van der Waals surface area contributed by atoms with Gasteiger partial charge < -0.3 is 5.32 Å². The zero-order valence-corrected chi connectivity index (χ0v) is 11.7. The second kappa shape index (κ2) is 4.78. The average Bonchev–Trinajstić information content (AvgIpc) is 2.81. The van der Waals surface area contributed by atoms with Gasteiger partial charge in [0.2, 0.25) is 0 Å². The maximum absolute atomic E-state index is 4.38. The van der Waals surface area contributed by atoms with Crippen LogP contribution in [-0.2, 0) is 6.42 Å². The summed E-state index contributed by atoms with van der Waals surface area (Å²) in [5, 5.41) is 5.72. The number of nitrogens with zero attached hydrogens (tertiary/aromatic N) is 1. The third-order valence-electron chi connectivity index (χ3n) is 3.10. The summed E-state index contributed by atoms with van der Waals surface area (Å²) in [6, 6.07) is 6.71. The van der Waals surface area contributed by atoms with Crippen LogP contribution < -0.4 is 5.32 Å². The van der Waals surface area contributed by atoms with Gasteiger partial charge >= 0.3 is 0 Å². The van der Waals surface area contributed by atoms with Gasteiger partial charge in [0, 0.05) is 15.5 Å². The highest BCUT2D eigenvalue weighted by atomic mass is 79.9. The largest absolute Gasteiger partial charge is 0.363 e. The summed E-state index contributed by atoms with van der Waals surface area (Å²) in [6.45, 7) is 0. The first-order valence-corrected chi connectivity index (χ1v) is 7.44. The predicted octanol–water partition coefficient (Wildman–Crippen LogP) is 4.40. The summed E-state index contributed by atoms with van der Waals surface area (Å²) in [7, 11) is 0. The van der Waals surface area contributed by atoms with Crippen molar-refractivity contribution in [1.29, 1.82) is 0 Å². The molecule has 88 valence electrons. The van der Waals surface area contributed by atoms with E-state index in [1.54, 1.807) is 0 Å². The van der Waals surface area contributed by atoms with Crippen molar-refractivity contribution in [1.82, 2.24) is 4.98 Å². The number of fused-ring (bicyclic) bond motifs is 1. The monoisotopic (exact) mass is 308 g/mol. The Morgan fingerprint density at radius 3 is 3.12 bits per heavy atom. The molecule has 1 aliphatic carbocycles. The van der Waals surface area contributed by atoms with Crippen molar-refractivity contribution in [2.45, 2.75) is 25.3 Å². The average molecular weight is 309 g/mol. The van der Waals surface area contributed by atoms with E-state index in [9.17, 15) is 0 Å². The number of aryl methyl sites for hydroxylation is 1. The van der Waals surface area contributed by atoms with Crippen molar-refractivity contribution in [3.63, 3.8) is 0 Å². The molecule has 0 saturated carbocycles. The molecule has 0 amide bonds. The van der Waals surface area contributed by atoms with Gasteiger partial charge in [0.25, 0.3) is 0 Å². The molecule has 1 atom stereocenters. The summed E-state index contributed by atoms with van der Waals surface area (Å²) >= 11 is 5.28. The second-order valence-electron chi connectivity index (χ2n) is 4.25. The Kier molecular flexibility index (Phi) is 3.16. The molecule has 0 aromatic carbocycles. The van der Waals surface area contributed by atoms with E-state index < -0.39 is 0 Å². The van der Waals surface area contributed by atoms with Crippen LogP contribution in [0.3, 0.4) is 0 Å². The van der Waals surface area contributed by atoms with Gasteiger partial charge in [0.1, 0.15) is 5.82 Å². The van der Waals surface area contributed by atoms with Gasteiger partial charge in [0.05, 0.1) is 6.04 Å². The molecule has 2 nitrogen and oxygen atoms in total. The van der Waals surface area contributed by atoms with Crippen LogP contribution in [0.15, 0.2) is 34.2 Å². The zero-order chi connectivity index (χ0) is 11.7. The van der Waals surface area contributed by atoms with Gasteiger partial charge in [-0.25, -0.2) is 4.98 Å². The SMILES string of the molecule is Brc1ccc(NC2CCCc3sccc32)nc1. The van der Waals surface area contributed by atoms with Crippen molar-refractivity contribution in [2.75, 3.05) is 5.32 Å². The first-order chi connectivity index (χ1) is 8.33. The Labute approximate surface area is 113 Å². The highest BCUT2D eigenvalue weighted by molar-refractivity contribution is 9.10. The van der Waals surface area contributed by atoms with E-state index in [1.165, 1.54) is 29.7 Å². The van der Waals surface area contributed by atoms with Crippen LogP contribution in [0.4, 0.5) is 5.82 Å². The van der Waals surface area contributed by atoms with E-state index >= 15 is 0 Å². The van der Waals surface area contributed by atoms with Crippen LogP contribution in [0, 0.1) is 0 Å². The number of hydrogen-bond donors (Lipinski definition) is 1. The Morgan fingerprint density at radius 1 is 1.35 bits per heavy atom. The molecule has 2 aromatic rings. The first kappa shape index (κ1) is 11.2. The Morgan fingerprint density at radius 2 is 2.29 bits per heavy atom. The van der Waals surface area contributed by atoms with Gasteiger partial charge in [0.15, 0.2) is 0 Å². The van der Waals surface area contributed by atoms with Crippen molar-refractivity contribution >= 4 is 33.1 Å². The fourth-order valence-electron chi connectivity index (χ4n) is 2.28. The summed E-state index contributed by atoms with van der Waals surface area (Å²) < 4.78 is 1.02. The van der Waals surface area contributed by atoms with E-state index in [0.717, 1.165) is 10.3 Å². The third kappa shape index (κ3) is 2.38.